The highest BCUT2D eigenvalue weighted by Gasteiger charge is 2.25. The van der Waals surface area contributed by atoms with E-state index in [1.54, 1.807) is 0 Å². The fraction of sp³-hybridized carbons (Fsp3) is 0.222. The van der Waals surface area contributed by atoms with E-state index in [2.05, 4.69) is 5.16 Å². The summed E-state index contributed by atoms with van der Waals surface area (Å²) in [6.45, 7) is -0.421. The summed E-state index contributed by atoms with van der Waals surface area (Å²) < 4.78 is 50.5. The first-order valence-corrected chi connectivity index (χ1v) is 6.11. The lowest BCUT2D eigenvalue weighted by atomic mass is 10.3. The van der Waals surface area contributed by atoms with Gasteiger partial charge in [0.15, 0.2) is 5.84 Å². The lowest BCUT2D eigenvalue weighted by molar-refractivity contribution is 0.315. The summed E-state index contributed by atoms with van der Waals surface area (Å²) in [6.07, 6.45) is 0. The van der Waals surface area contributed by atoms with Crippen molar-refractivity contribution in [3.8, 4) is 0 Å². The van der Waals surface area contributed by atoms with Gasteiger partial charge in [-0.1, -0.05) is 5.16 Å². The number of benzene rings is 1. The van der Waals surface area contributed by atoms with Gasteiger partial charge in [0.1, 0.15) is 16.5 Å². The molecule has 1 rings (SSSR count). The first kappa shape index (κ1) is 14.3. The Bertz CT molecular complexity index is 574. The zero-order valence-corrected chi connectivity index (χ0v) is 10.2. The number of oxime groups is 1. The standard InChI is InChI=1S/C9H11F2N3O3S/c1-14(5-9(12)13-15)18(16,17)8-3-2-6(10)4-7(8)11/h2-4,15H,5H2,1H3,(H2,12,13). The molecule has 100 valence electrons. The fourth-order valence-electron chi connectivity index (χ4n) is 1.20. The topological polar surface area (TPSA) is 96.0 Å². The van der Waals surface area contributed by atoms with Gasteiger partial charge in [-0.25, -0.2) is 17.2 Å². The average Bonchev–Trinajstić information content (AvgIpc) is 2.28. The predicted molar refractivity (Wildman–Crippen MR) is 59.6 cm³/mol. The van der Waals surface area contributed by atoms with Gasteiger partial charge in [0.25, 0.3) is 0 Å². The van der Waals surface area contributed by atoms with Gasteiger partial charge in [-0.2, -0.15) is 4.31 Å². The van der Waals surface area contributed by atoms with E-state index in [1.165, 1.54) is 0 Å². The third kappa shape index (κ3) is 2.93. The minimum atomic E-state index is -4.17. The molecule has 0 heterocycles. The van der Waals surface area contributed by atoms with Gasteiger partial charge in [0, 0.05) is 13.1 Å². The zero-order valence-electron chi connectivity index (χ0n) is 9.34. The second kappa shape index (κ2) is 5.27. The Morgan fingerprint density at radius 1 is 1.50 bits per heavy atom. The number of hydrogen-bond donors (Lipinski definition) is 2. The molecule has 0 atom stereocenters. The van der Waals surface area contributed by atoms with Crippen LogP contribution in [0.1, 0.15) is 0 Å². The second-order valence-corrected chi connectivity index (χ2v) is 5.44. The maximum atomic E-state index is 13.4. The molecule has 3 N–H and O–H groups in total. The zero-order chi connectivity index (χ0) is 13.9. The van der Waals surface area contributed by atoms with Crippen LogP contribution in [0.5, 0.6) is 0 Å². The van der Waals surface area contributed by atoms with E-state index >= 15 is 0 Å². The molecule has 0 bridgehead atoms. The molecule has 6 nitrogen and oxygen atoms in total. The van der Waals surface area contributed by atoms with Crippen LogP contribution in [0.3, 0.4) is 0 Å². The number of sulfonamides is 1. The Morgan fingerprint density at radius 2 is 2.11 bits per heavy atom. The smallest absolute Gasteiger partial charge is 0.246 e. The van der Waals surface area contributed by atoms with Crippen LogP contribution in [-0.4, -0.2) is 37.4 Å². The molecule has 0 aromatic heterocycles. The first-order valence-electron chi connectivity index (χ1n) is 4.67. The minimum absolute atomic E-state index is 0.358. The molecule has 0 fully saturated rings. The molecule has 0 aliphatic carbocycles. The fourth-order valence-corrected chi connectivity index (χ4v) is 2.38. The lowest BCUT2D eigenvalue weighted by Crippen LogP contribution is -2.36. The van der Waals surface area contributed by atoms with Crippen molar-refractivity contribution in [3.05, 3.63) is 29.8 Å². The number of nitrogens with zero attached hydrogens (tertiary/aromatic N) is 2. The van der Waals surface area contributed by atoms with Crippen molar-refractivity contribution in [3.63, 3.8) is 0 Å². The summed E-state index contributed by atoms with van der Waals surface area (Å²) in [6, 6.07) is 2.10. The van der Waals surface area contributed by atoms with E-state index in [9.17, 15) is 17.2 Å². The van der Waals surface area contributed by atoms with E-state index < -0.39 is 33.1 Å². The number of rotatable bonds is 4. The monoisotopic (exact) mass is 279 g/mol. The van der Waals surface area contributed by atoms with E-state index in [4.69, 9.17) is 10.9 Å². The van der Waals surface area contributed by atoms with Crippen LogP contribution in [-0.2, 0) is 10.0 Å². The minimum Gasteiger partial charge on any atom is -0.409 e. The maximum Gasteiger partial charge on any atom is 0.246 e. The highest BCUT2D eigenvalue weighted by Crippen LogP contribution is 2.18. The summed E-state index contributed by atoms with van der Waals surface area (Å²) in [5.74, 6) is -2.45. The van der Waals surface area contributed by atoms with Crippen LogP contribution >= 0.6 is 0 Å². The number of nitrogens with two attached hydrogens (primary N) is 1. The predicted octanol–water partition coefficient (Wildman–Crippen LogP) is 0.332. The van der Waals surface area contributed by atoms with Gasteiger partial charge in [-0.3, -0.25) is 0 Å². The molecule has 0 unspecified atom stereocenters. The molecule has 18 heavy (non-hydrogen) atoms. The van der Waals surface area contributed by atoms with Gasteiger partial charge >= 0.3 is 0 Å². The van der Waals surface area contributed by atoms with Crippen molar-refractivity contribution in [2.45, 2.75) is 4.90 Å². The van der Waals surface area contributed by atoms with E-state index in [-0.39, 0.29) is 5.84 Å². The Kier molecular flexibility index (Phi) is 4.19. The quantitative estimate of drug-likeness (QED) is 0.359. The van der Waals surface area contributed by atoms with Crippen molar-refractivity contribution in [1.29, 1.82) is 0 Å². The van der Waals surface area contributed by atoms with Gasteiger partial charge < -0.3 is 10.9 Å². The normalized spacial score (nSPS) is 13.0. The molecule has 0 radical (unpaired) electrons. The Labute approximate surface area is 102 Å². The molecule has 1 aromatic rings. The summed E-state index contributed by atoms with van der Waals surface area (Å²) in [4.78, 5) is -0.683. The largest absolute Gasteiger partial charge is 0.409 e. The molecular weight excluding hydrogens is 268 g/mol. The number of halogens is 2. The third-order valence-corrected chi connectivity index (χ3v) is 3.93. The molecule has 9 heteroatoms. The van der Waals surface area contributed by atoms with E-state index in [0.717, 1.165) is 19.2 Å². The van der Waals surface area contributed by atoms with Crippen LogP contribution in [0.4, 0.5) is 8.78 Å². The molecule has 0 aliphatic heterocycles. The average molecular weight is 279 g/mol. The number of hydrogen-bond acceptors (Lipinski definition) is 4. The van der Waals surface area contributed by atoms with Gasteiger partial charge in [0.2, 0.25) is 10.0 Å². The van der Waals surface area contributed by atoms with Crippen LogP contribution in [0.2, 0.25) is 0 Å². The second-order valence-electron chi connectivity index (χ2n) is 3.43. The summed E-state index contributed by atoms with van der Waals surface area (Å²) in [7, 11) is -3.05. The lowest BCUT2D eigenvalue weighted by Gasteiger charge is -2.16. The van der Waals surface area contributed by atoms with E-state index in [0.29, 0.717) is 10.4 Å². The molecule has 0 spiro atoms. The number of amidine groups is 1. The maximum absolute atomic E-state index is 13.4. The van der Waals surface area contributed by atoms with Crippen LogP contribution < -0.4 is 5.73 Å². The molecule has 0 aliphatic rings. The Hall–Kier alpha value is -1.74. The van der Waals surface area contributed by atoms with Crippen LogP contribution in [0.25, 0.3) is 0 Å². The van der Waals surface area contributed by atoms with Gasteiger partial charge in [-0.05, 0) is 12.1 Å². The molecular formula is C9H11F2N3O3S. The highest BCUT2D eigenvalue weighted by atomic mass is 32.2. The van der Waals surface area contributed by atoms with E-state index in [1.807, 2.05) is 0 Å². The summed E-state index contributed by atoms with van der Waals surface area (Å²) in [5, 5.41) is 10.9. The molecule has 1 aromatic carbocycles. The Morgan fingerprint density at radius 3 is 2.61 bits per heavy atom. The van der Waals surface area contributed by atoms with Crippen LogP contribution in [0, 0.1) is 11.6 Å². The van der Waals surface area contributed by atoms with Gasteiger partial charge in [0.05, 0.1) is 6.54 Å². The first-order chi connectivity index (χ1) is 8.28. The summed E-state index contributed by atoms with van der Waals surface area (Å²) in [5.41, 5.74) is 5.15. The van der Waals surface area contributed by atoms with Crippen molar-refractivity contribution in [1.82, 2.24) is 4.31 Å². The summed E-state index contributed by atoms with van der Waals surface area (Å²) >= 11 is 0. The SMILES string of the molecule is CN(CC(N)=NO)S(=O)(=O)c1ccc(F)cc1F. The van der Waals surface area contributed by atoms with Crippen molar-refractivity contribution in [2.75, 3.05) is 13.6 Å². The van der Waals surface area contributed by atoms with Gasteiger partial charge in [-0.15, -0.1) is 0 Å². The molecule has 0 amide bonds. The molecule has 0 saturated heterocycles. The molecule has 0 saturated carbocycles. The van der Waals surface area contributed by atoms with Crippen molar-refractivity contribution >= 4 is 15.9 Å². The Balaban J connectivity index is 3.13. The van der Waals surface area contributed by atoms with Crippen molar-refractivity contribution in [2.24, 2.45) is 10.9 Å². The highest BCUT2D eigenvalue weighted by molar-refractivity contribution is 7.89. The number of likely N-dealkylation sites (N-methyl/N-ethyl adjacent to an activating group) is 1. The van der Waals surface area contributed by atoms with Crippen molar-refractivity contribution < 1.29 is 22.4 Å². The third-order valence-electron chi connectivity index (χ3n) is 2.10. The van der Waals surface area contributed by atoms with Crippen LogP contribution in [0.15, 0.2) is 28.3 Å².